The van der Waals surface area contributed by atoms with Crippen molar-refractivity contribution < 1.29 is 9.59 Å². The molecule has 0 aliphatic carbocycles. The minimum absolute atomic E-state index is 0.385. The van der Waals surface area contributed by atoms with Gasteiger partial charge >= 0.3 is 0 Å². The number of benzene rings is 1. The van der Waals surface area contributed by atoms with Crippen molar-refractivity contribution in [1.82, 2.24) is 0 Å². The smallest absolute Gasteiger partial charge is 0.296 e. The normalized spacial score (nSPS) is 13.8. The maximum absolute atomic E-state index is 11.5. The molecule has 4 heteroatoms. The van der Waals surface area contributed by atoms with Crippen molar-refractivity contribution in [3.05, 3.63) is 23.8 Å². The molecule has 1 N–H and O–H groups in total. The van der Waals surface area contributed by atoms with Crippen molar-refractivity contribution >= 4 is 23.1 Å². The second-order valence-electron chi connectivity index (χ2n) is 4.80. The first kappa shape index (κ1) is 12.6. The van der Waals surface area contributed by atoms with Gasteiger partial charge in [-0.3, -0.25) is 9.59 Å². The molecule has 0 atom stereocenters. The van der Waals surface area contributed by atoms with E-state index in [4.69, 9.17) is 0 Å². The summed E-state index contributed by atoms with van der Waals surface area (Å²) in [4.78, 5) is 25.1. The fraction of sp³-hybridized carbons (Fsp3) is 0.429. The molecule has 2 rings (SSSR count). The molecule has 0 spiro atoms. The number of rotatable bonds is 4. The summed E-state index contributed by atoms with van der Waals surface area (Å²) in [5.41, 5.74) is 2.15. The van der Waals surface area contributed by atoms with E-state index in [9.17, 15) is 9.59 Å². The average Bonchev–Trinajstić information content (AvgIpc) is 2.61. The van der Waals surface area contributed by atoms with Crippen LogP contribution in [-0.4, -0.2) is 24.3 Å². The number of fused-ring (bicyclic) bond motifs is 1. The van der Waals surface area contributed by atoms with Gasteiger partial charge in [0.2, 0.25) is 0 Å². The number of nitrogens with one attached hydrogen (secondary N) is 1. The van der Waals surface area contributed by atoms with Crippen molar-refractivity contribution in [3.8, 4) is 0 Å². The second-order valence-corrected chi connectivity index (χ2v) is 4.80. The molecule has 1 aromatic carbocycles. The molecule has 0 bridgehead atoms. The first-order valence-corrected chi connectivity index (χ1v) is 6.31. The lowest BCUT2D eigenvalue weighted by molar-refractivity contribution is -0.112. The number of carbonyl (C=O) groups excluding carboxylic acids is 2. The highest BCUT2D eigenvalue weighted by atomic mass is 16.2. The van der Waals surface area contributed by atoms with E-state index in [0.717, 1.165) is 18.7 Å². The molecule has 96 valence electrons. The lowest BCUT2D eigenvalue weighted by Gasteiger charge is -2.29. The Balaban J connectivity index is 2.35. The van der Waals surface area contributed by atoms with Crippen LogP contribution in [0.4, 0.5) is 11.4 Å². The van der Waals surface area contributed by atoms with Crippen LogP contribution in [0.1, 0.15) is 37.6 Å². The monoisotopic (exact) mass is 246 g/mol. The Morgan fingerprint density at radius 2 is 2.00 bits per heavy atom. The van der Waals surface area contributed by atoms with Gasteiger partial charge in [-0.2, -0.15) is 0 Å². The van der Waals surface area contributed by atoms with Crippen LogP contribution in [0.25, 0.3) is 0 Å². The van der Waals surface area contributed by atoms with Crippen molar-refractivity contribution in [1.29, 1.82) is 0 Å². The number of hydrogen-bond acceptors (Lipinski definition) is 3. The molecule has 0 saturated heterocycles. The molecule has 0 radical (unpaired) electrons. The molecule has 1 heterocycles. The van der Waals surface area contributed by atoms with Crippen molar-refractivity contribution in [2.24, 2.45) is 0 Å². The van der Waals surface area contributed by atoms with Gasteiger partial charge < -0.3 is 10.2 Å². The number of anilines is 2. The SMILES string of the molecule is CCCN(c1ccc2c(c1)NC(=O)C2=O)C(C)C. The topological polar surface area (TPSA) is 49.4 Å². The van der Waals surface area contributed by atoms with Crippen LogP contribution < -0.4 is 10.2 Å². The van der Waals surface area contributed by atoms with Gasteiger partial charge in [-0.1, -0.05) is 6.92 Å². The fourth-order valence-electron chi connectivity index (χ4n) is 2.24. The minimum Gasteiger partial charge on any atom is -0.369 e. The Hall–Kier alpha value is -1.84. The highest BCUT2D eigenvalue weighted by molar-refractivity contribution is 6.51. The Morgan fingerprint density at radius 1 is 1.28 bits per heavy atom. The predicted molar refractivity (Wildman–Crippen MR) is 72.2 cm³/mol. The number of amides is 1. The molecule has 0 saturated carbocycles. The van der Waals surface area contributed by atoms with E-state index in [-0.39, 0.29) is 0 Å². The zero-order chi connectivity index (χ0) is 13.3. The van der Waals surface area contributed by atoms with Crippen molar-refractivity contribution in [2.45, 2.75) is 33.2 Å². The first-order valence-electron chi connectivity index (χ1n) is 6.31. The Labute approximate surface area is 107 Å². The van der Waals surface area contributed by atoms with E-state index >= 15 is 0 Å². The summed E-state index contributed by atoms with van der Waals surface area (Å²) in [6, 6.07) is 5.91. The van der Waals surface area contributed by atoms with Gasteiger partial charge in [-0.15, -0.1) is 0 Å². The van der Waals surface area contributed by atoms with Crippen LogP contribution in [-0.2, 0) is 4.79 Å². The maximum atomic E-state index is 11.5. The van der Waals surface area contributed by atoms with E-state index in [1.807, 2.05) is 12.1 Å². The summed E-state index contributed by atoms with van der Waals surface area (Å²) in [6.45, 7) is 7.35. The van der Waals surface area contributed by atoms with E-state index < -0.39 is 11.7 Å². The third-order valence-corrected chi connectivity index (χ3v) is 3.12. The van der Waals surface area contributed by atoms with Gasteiger partial charge in [-0.25, -0.2) is 0 Å². The highest BCUT2D eigenvalue weighted by Crippen LogP contribution is 2.29. The Bertz CT molecular complexity index is 495. The number of nitrogens with zero attached hydrogens (tertiary/aromatic N) is 1. The molecular formula is C14H18N2O2. The summed E-state index contributed by atoms with van der Waals surface area (Å²) >= 11 is 0. The van der Waals surface area contributed by atoms with Gasteiger partial charge in [0.25, 0.3) is 11.7 Å². The van der Waals surface area contributed by atoms with Crippen LogP contribution in [0, 0.1) is 0 Å². The lowest BCUT2D eigenvalue weighted by Crippen LogP contribution is -2.31. The van der Waals surface area contributed by atoms with Gasteiger partial charge in [0.05, 0.1) is 11.3 Å². The molecule has 18 heavy (non-hydrogen) atoms. The summed E-state index contributed by atoms with van der Waals surface area (Å²) in [7, 11) is 0. The van der Waals surface area contributed by atoms with E-state index in [0.29, 0.717) is 17.3 Å². The lowest BCUT2D eigenvalue weighted by atomic mass is 10.1. The molecule has 1 aromatic rings. The van der Waals surface area contributed by atoms with Gasteiger partial charge in [-0.05, 0) is 38.5 Å². The quantitative estimate of drug-likeness (QED) is 0.830. The van der Waals surface area contributed by atoms with E-state index in [1.165, 1.54) is 0 Å². The number of Topliss-reactive ketones (excluding diaryl/α,β-unsaturated/α-hetero) is 1. The third kappa shape index (κ3) is 2.10. The molecule has 4 nitrogen and oxygen atoms in total. The molecule has 0 aromatic heterocycles. The standard InChI is InChI=1S/C14H18N2O2/c1-4-7-16(9(2)3)10-5-6-11-12(8-10)15-14(18)13(11)17/h5-6,8-9H,4,7H2,1-3H3,(H,15,17,18). The van der Waals surface area contributed by atoms with Crippen molar-refractivity contribution in [3.63, 3.8) is 0 Å². The zero-order valence-corrected chi connectivity index (χ0v) is 11.0. The number of hydrogen-bond donors (Lipinski definition) is 1. The summed E-state index contributed by atoms with van der Waals surface area (Å²) < 4.78 is 0. The first-order chi connectivity index (χ1) is 8.54. The second kappa shape index (κ2) is 4.80. The molecule has 1 aliphatic rings. The summed E-state index contributed by atoms with van der Waals surface area (Å²) in [6.07, 6.45) is 1.06. The summed E-state index contributed by atoms with van der Waals surface area (Å²) in [5, 5.41) is 2.61. The zero-order valence-electron chi connectivity index (χ0n) is 11.0. The van der Waals surface area contributed by atoms with E-state index in [2.05, 4.69) is 31.0 Å². The van der Waals surface area contributed by atoms with Crippen LogP contribution >= 0.6 is 0 Å². The van der Waals surface area contributed by atoms with Gasteiger partial charge in [0, 0.05) is 18.3 Å². The van der Waals surface area contributed by atoms with Crippen LogP contribution in [0.15, 0.2) is 18.2 Å². The highest BCUT2D eigenvalue weighted by Gasteiger charge is 2.28. The van der Waals surface area contributed by atoms with Crippen LogP contribution in [0.2, 0.25) is 0 Å². The largest absolute Gasteiger partial charge is 0.369 e. The van der Waals surface area contributed by atoms with E-state index in [1.54, 1.807) is 6.07 Å². The molecular weight excluding hydrogens is 228 g/mol. The Kier molecular flexibility index (Phi) is 3.36. The molecule has 1 aliphatic heterocycles. The fourth-order valence-corrected chi connectivity index (χ4v) is 2.24. The average molecular weight is 246 g/mol. The minimum atomic E-state index is -0.534. The molecule has 0 fully saturated rings. The van der Waals surface area contributed by atoms with Gasteiger partial charge in [0.15, 0.2) is 0 Å². The third-order valence-electron chi connectivity index (χ3n) is 3.12. The number of carbonyl (C=O) groups is 2. The van der Waals surface area contributed by atoms with Crippen LogP contribution in [0.3, 0.4) is 0 Å². The molecule has 1 amide bonds. The summed E-state index contributed by atoms with van der Waals surface area (Å²) in [5.74, 6) is -0.975. The molecule has 0 unspecified atom stereocenters. The van der Waals surface area contributed by atoms with Crippen molar-refractivity contribution in [2.75, 3.05) is 16.8 Å². The van der Waals surface area contributed by atoms with Gasteiger partial charge in [0.1, 0.15) is 0 Å². The Morgan fingerprint density at radius 3 is 2.61 bits per heavy atom. The predicted octanol–water partition coefficient (Wildman–Crippen LogP) is 2.45. The maximum Gasteiger partial charge on any atom is 0.296 e. The number of ketones is 1. The van der Waals surface area contributed by atoms with Crippen LogP contribution in [0.5, 0.6) is 0 Å².